The van der Waals surface area contributed by atoms with Crippen molar-refractivity contribution in [2.24, 2.45) is 0 Å². The van der Waals surface area contributed by atoms with Crippen LogP contribution in [0.2, 0.25) is 0 Å². The number of hydrogen-bond acceptors (Lipinski definition) is 4. The fourth-order valence-electron chi connectivity index (χ4n) is 3.56. The number of fused-ring (bicyclic) bond motifs is 1. The smallest absolute Gasteiger partial charge is 0.287 e. The molecule has 2 heterocycles. The van der Waals surface area contributed by atoms with E-state index < -0.39 is 5.82 Å². The number of halogens is 1. The number of benzene rings is 2. The molecule has 1 N–H and O–H groups in total. The van der Waals surface area contributed by atoms with E-state index in [0.29, 0.717) is 35.4 Å². The number of ketones is 1. The molecule has 5 nitrogen and oxygen atoms in total. The Balaban J connectivity index is 1.59. The molecule has 0 saturated heterocycles. The SMILES string of the molecule is CC(=O)c1ccc(F)c(-c2cc(C)cc3c2OC(CNC(=O)c2ccco2)C3)c1. The summed E-state index contributed by atoms with van der Waals surface area (Å²) in [7, 11) is 0. The Morgan fingerprint density at radius 3 is 2.72 bits per heavy atom. The minimum absolute atomic E-state index is 0.130. The van der Waals surface area contributed by atoms with Gasteiger partial charge in [-0.1, -0.05) is 6.07 Å². The second kappa shape index (κ2) is 7.54. The Morgan fingerprint density at radius 2 is 2.00 bits per heavy atom. The van der Waals surface area contributed by atoms with E-state index in [9.17, 15) is 14.0 Å². The van der Waals surface area contributed by atoms with Crippen LogP contribution in [0.4, 0.5) is 4.39 Å². The summed E-state index contributed by atoms with van der Waals surface area (Å²) in [6.07, 6.45) is 1.76. The first kappa shape index (κ1) is 18.9. The first-order valence-corrected chi connectivity index (χ1v) is 9.35. The van der Waals surface area contributed by atoms with Crippen LogP contribution in [0.25, 0.3) is 11.1 Å². The lowest BCUT2D eigenvalue weighted by Crippen LogP contribution is -2.34. The van der Waals surface area contributed by atoms with Crippen molar-refractivity contribution in [2.75, 3.05) is 6.54 Å². The van der Waals surface area contributed by atoms with Crippen LogP contribution in [0.3, 0.4) is 0 Å². The molecule has 0 aliphatic carbocycles. The van der Waals surface area contributed by atoms with Gasteiger partial charge >= 0.3 is 0 Å². The van der Waals surface area contributed by atoms with E-state index in [1.165, 1.54) is 25.3 Å². The monoisotopic (exact) mass is 393 g/mol. The predicted octanol–water partition coefficient (Wildman–Crippen LogP) is 4.33. The molecular formula is C23H20FNO4. The Morgan fingerprint density at radius 1 is 1.17 bits per heavy atom. The fourth-order valence-corrected chi connectivity index (χ4v) is 3.56. The van der Waals surface area contributed by atoms with Crippen molar-refractivity contribution in [1.29, 1.82) is 0 Å². The highest BCUT2D eigenvalue weighted by molar-refractivity contribution is 5.95. The maximum absolute atomic E-state index is 14.6. The van der Waals surface area contributed by atoms with Crippen LogP contribution < -0.4 is 10.1 Å². The molecule has 1 atom stereocenters. The third-order valence-corrected chi connectivity index (χ3v) is 4.94. The van der Waals surface area contributed by atoms with Crippen LogP contribution in [0.1, 0.15) is 39.0 Å². The first-order chi connectivity index (χ1) is 13.9. The Bertz CT molecular complexity index is 1090. The van der Waals surface area contributed by atoms with E-state index in [4.69, 9.17) is 9.15 Å². The maximum atomic E-state index is 14.6. The van der Waals surface area contributed by atoms with Crippen molar-refractivity contribution >= 4 is 11.7 Å². The molecule has 1 aliphatic heterocycles. The fraction of sp³-hybridized carbons (Fsp3) is 0.217. The molecule has 29 heavy (non-hydrogen) atoms. The molecule has 1 aromatic heterocycles. The Kier molecular flexibility index (Phi) is 4.92. The van der Waals surface area contributed by atoms with Gasteiger partial charge in [-0.25, -0.2) is 4.39 Å². The lowest BCUT2D eigenvalue weighted by Gasteiger charge is -2.14. The highest BCUT2D eigenvalue weighted by atomic mass is 19.1. The van der Waals surface area contributed by atoms with Gasteiger partial charge in [-0.05, 0) is 61.4 Å². The number of ether oxygens (including phenoxy) is 1. The second-order valence-corrected chi connectivity index (χ2v) is 7.18. The molecule has 2 aromatic carbocycles. The van der Waals surface area contributed by atoms with Crippen LogP contribution in [-0.4, -0.2) is 24.3 Å². The topological polar surface area (TPSA) is 68.5 Å². The van der Waals surface area contributed by atoms with Crippen molar-refractivity contribution < 1.29 is 23.1 Å². The zero-order valence-corrected chi connectivity index (χ0v) is 16.1. The number of furan rings is 1. The van der Waals surface area contributed by atoms with E-state index in [-0.39, 0.29) is 23.6 Å². The third-order valence-electron chi connectivity index (χ3n) is 4.94. The van der Waals surface area contributed by atoms with Gasteiger partial charge in [-0.3, -0.25) is 9.59 Å². The van der Waals surface area contributed by atoms with Gasteiger partial charge in [-0.2, -0.15) is 0 Å². The lowest BCUT2D eigenvalue weighted by molar-refractivity contribution is 0.0905. The summed E-state index contributed by atoms with van der Waals surface area (Å²) in [4.78, 5) is 23.8. The maximum Gasteiger partial charge on any atom is 0.287 e. The van der Waals surface area contributed by atoms with Gasteiger partial charge in [0.2, 0.25) is 0 Å². The first-order valence-electron chi connectivity index (χ1n) is 9.35. The molecule has 1 amide bonds. The third kappa shape index (κ3) is 3.78. The van der Waals surface area contributed by atoms with Gasteiger partial charge in [0, 0.05) is 23.1 Å². The number of Topliss-reactive ketones (excluding diaryl/α,β-unsaturated/α-hetero) is 1. The highest BCUT2D eigenvalue weighted by Crippen LogP contribution is 2.41. The van der Waals surface area contributed by atoms with Crippen LogP contribution >= 0.6 is 0 Å². The molecule has 1 unspecified atom stereocenters. The van der Waals surface area contributed by atoms with Gasteiger partial charge in [0.25, 0.3) is 5.91 Å². The summed E-state index contributed by atoms with van der Waals surface area (Å²) in [6, 6.07) is 11.4. The predicted molar refractivity (Wildman–Crippen MR) is 106 cm³/mol. The molecule has 1 aliphatic rings. The molecule has 0 radical (unpaired) electrons. The summed E-state index contributed by atoms with van der Waals surface area (Å²) in [5.74, 6) is -0.0327. The molecule has 0 bridgehead atoms. The summed E-state index contributed by atoms with van der Waals surface area (Å²) in [6.45, 7) is 3.68. The van der Waals surface area contributed by atoms with Gasteiger partial charge in [-0.15, -0.1) is 0 Å². The molecule has 6 heteroatoms. The van der Waals surface area contributed by atoms with E-state index in [2.05, 4.69) is 5.32 Å². The summed E-state index contributed by atoms with van der Waals surface area (Å²) in [5.41, 5.74) is 3.30. The van der Waals surface area contributed by atoms with Gasteiger partial charge in [0.15, 0.2) is 11.5 Å². The van der Waals surface area contributed by atoms with Crippen LogP contribution in [0.15, 0.2) is 53.1 Å². The molecule has 0 saturated carbocycles. The number of carbonyl (C=O) groups excluding carboxylic acids is 2. The van der Waals surface area contributed by atoms with Gasteiger partial charge < -0.3 is 14.5 Å². The molecule has 4 rings (SSSR count). The minimum atomic E-state index is -0.416. The minimum Gasteiger partial charge on any atom is -0.487 e. The van der Waals surface area contributed by atoms with Crippen molar-refractivity contribution in [3.8, 4) is 16.9 Å². The van der Waals surface area contributed by atoms with E-state index in [0.717, 1.165) is 11.1 Å². The molecule has 0 fully saturated rings. The van der Waals surface area contributed by atoms with Crippen molar-refractivity contribution in [2.45, 2.75) is 26.4 Å². The normalized spacial score (nSPS) is 14.9. The van der Waals surface area contributed by atoms with Gasteiger partial charge in [0.1, 0.15) is 17.7 Å². The van der Waals surface area contributed by atoms with Crippen LogP contribution in [0, 0.1) is 12.7 Å². The van der Waals surface area contributed by atoms with E-state index in [1.54, 1.807) is 18.2 Å². The highest BCUT2D eigenvalue weighted by Gasteiger charge is 2.28. The lowest BCUT2D eigenvalue weighted by atomic mass is 9.95. The van der Waals surface area contributed by atoms with Crippen molar-refractivity contribution in [3.63, 3.8) is 0 Å². The van der Waals surface area contributed by atoms with Crippen LogP contribution in [0.5, 0.6) is 5.75 Å². The number of hydrogen-bond donors (Lipinski definition) is 1. The number of rotatable bonds is 5. The summed E-state index contributed by atoms with van der Waals surface area (Å²) in [5, 5.41) is 2.79. The summed E-state index contributed by atoms with van der Waals surface area (Å²) >= 11 is 0. The second-order valence-electron chi connectivity index (χ2n) is 7.18. The van der Waals surface area contributed by atoms with Crippen molar-refractivity contribution in [1.82, 2.24) is 5.32 Å². The Hall–Kier alpha value is -3.41. The van der Waals surface area contributed by atoms with E-state index >= 15 is 0 Å². The average molecular weight is 393 g/mol. The van der Waals surface area contributed by atoms with E-state index in [1.807, 2.05) is 19.1 Å². The molecule has 0 spiro atoms. The molecular weight excluding hydrogens is 373 g/mol. The number of aryl methyl sites for hydroxylation is 1. The average Bonchev–Trinajstić information content (AvgIpc) is 3.35. The summed E-state index contributed by atoms with van der Waals surface area (Å²) < 4.78 is 25.8. The Labute approximate surface area is 167 Å². The zero-order valence-electron chi connectivity index (χ0n) is 16.1. The molecule has 3 aromatic rings. The zero-order chi connectivity index (χ0) is 20.5. The number of amides is 1. The quantitative estimate of drug-likeness (QED) is 0.655. The number of nitrogens with one attached hydrogen (secondary N) is 1. The standard InChI is InChI=1S/C23H20FNO4/c1-13-8-16-10-17(12-25-23(27)21-4-3-7-28-21)29-22(16)19(9-13)18-11-15(14(2)26)5-6-20(18)24/h3-9,11,17H,10,12H2,1-2H3,(H,25,27). The number of carbonyl (C=O) groups is 2. The van der Waals surface area contributed by atoms with Crippen LogP contribution in [-0.2, 0) is 6.42 Å². The van der Waals surface area contributed by atoms with Gasteiger partial charge in [0.05, 0.1) is 12.8 Å². The largest absolute Gasteiger partial charge is 0.487 e. The molecule has 148 valence electrons. The van der Waals surface area contributed by atoms with Crippen molar-refractivity contribution in [3.05, 3.63) is 77.0 Å².